The monoisotopic (exact) mass is 294 g/mol. The standard InChI is InChI=1S/C17H28BFO2/c1-12-6-9-17(10-7-12)11-8-13(17)14(19)18-20-15(2,3)16(4,5)21-18/h12H,6-11H2,1-5H3. The Kier molecular flexibility index (Phi) is 3.57. The molecule has 1 saturated heterocycles. The van der Waals surface area contributed by atoms with Gasteiger partial charge in [0.1, 0.15) is 5.73 Å². The predicted octanol–water partition coefficient (Wildman–Crippen LogP) is 4.83. The molecule has 0 aromatic carbocycles. The van der Waals surface area contributed by atoms with Gasteiger partial charge in [0.25, 0.3) is 0 Å². The molecule has 3 rings (SSSR count). The zero-order valence-corrected chi connectivity index (χ0v) is 14.1. The molecule has 0 aromatic rings. The maximum atomic E-state index is 15.0. The van der Waals surface area contributed by atoms with E-state index in [1.807, 2.05) is 27.7 Å². The lowest BCUT2D eigenvalue weighted by atomic mass is 9.54. The molecule has 0 aromatic heterocycles. The SMILES string of the molecule is CC1CCC2(CCC2=C(F)B2OC(C)(C)C(C)(C)O2)CC1. The van der Waals surface area contributed by atoms with Crippen molar-refractivity contribution in [2.45, 2.75) is 84.3 Å². The minimum atomic E-state index is -0.804. The molecular formula is C17H28BFO2. The van der Waals surface area contributed by atoms with E-state index in [2.05, 4.69) is 6.92 Å². The highest BCUT2D eigenvalue weighted by molar-refractivity contribution is 6.54. The Hall–Kier alpha value is -0.345. The largest absolute Gasteiger partial charge is 0.525 e. The summed E-state index contributed by atoms with van der Waals surface area (Å²) in [5, 5.41) is 0. The van der Waals surface area contributed by atoms with Gasteiger partial charge in [-0.2, -0.15) is 0 Å². The molecule has 0 amide bonds. The van der Waals surface area contributed by atoms with Crippen LogP contribution in [0.15, 0.2) is 11.3 Å². The van der Waals surface area contributed by atoms with Gasteiger partial charge in [-0.25, -0.2) is 4.39 Å². The first kappa shape index (κ1) is 15.5. The fraction of sp³-hybridized carbons (Fsp3) is 0.882. The summed E-state index contributed by atoms with van der Waals surface area (Å²) < 4.78 is 26.8. The highest BCUT2D eigenvalue weighted by Gasteiger charge is 2.56. The topological polar surface area (TPSA) is 18.5 Å². The second kappa shape index (κ2) is 4.82. The van der Waals surface area contributed by atoms with Crippen molar-refractivity contribution in [3.63, 3.8) is 0 Å². The molecule has 4 heteroatoms. The van der Waals surface area contributed by atoms with E-state index in [0.29, 0.717) is 0 Å². The molecule has 3 fully saturated rings. The van der Waals surface area contributed by atoms with Crippen LogP contribution in [0.5, 0.6) is 0 Å². The van der Waals surface area contributed by atoms with Gasteiger partial charge in [0.2, 0.25) is 0 Å². The summed E-state index contributed by atoms with van der Waals surface area (Å²) in [6, 6.07) is 0. The molecule has 0 radical (unpaired) electrons. The van der Waals surface area contributed by atoms with Crippen LogP contribution in [-0.4, -0.2) is 18.3 Å². The van der Waals surface area contributed by atoms with E-state index in [-0.39, 0.29) is 11.1 Å². The van der Waals surface area contributed by atoms with Crippen molar-refractivity contribution >= 4 is 7.12 Å². The summed E-state index contributed by atoms with van der Waals surface area (Å²) in [4.78, 5) is 0. The molecule has 0 unspecified atom stereocenters. The molecule has 0 atom stereocenters. The van der Waals surface area contributed by atoms with Gasteiger partial charge in [-0.1, -0.05) is 6.92 Å². The Balaban J connectivity index is 1.80. The zero-order chi connectivity index (χ0) is 15.5. The zero-order valence-electron chi connectivity index (χ0n) is 14.1. The number of hydrogen-bond donors (Lipinski definition) is 0. The van der Waals surface area contributed by atoms with Crippen LogP contribution in [0, 0.1) is 11.3 Å². The van der Waals surface area contributed by atoms with Crippen molar-refractivity contribution in [1.29, 1.82) is 0 Å². The first-order chi connectivity index (χ1) is 9.67. The van der Waals surface area contributed by atoms with Crippen molar-refractivity contribution in [3.8, 4) is 0 Å². The lowest BCUT2D eigenvalue weighted by Crippen LogP contribution is -2.41. The van der Waals surface area contributed by atoms with Crippen LogP contribution in [0.4, 0.5) is 4.39 Å². The van der Waals surface area contributed by atoms with Gasteiger partial charge in [-0.3, -0.25) is 0 Å². The van der Waals surface area contributed by atoms with Crippen LogP contribution in [0.25, 0.3) is 0 Å². The maximum absolute atomic E-state index is 15.0. The molecule has 1 aliphatic heterocycles. The van der Waals surface area contributed by atoms with Gasteiger partial charge in [-0.15, -0.1) is 0 Å². The molecule has 2 aliphatic carbocycles. The summed E-state index contributed by atoms with van der Waals surface area (Å²) >= 11 is 0. The molecule has 1 spiro atoms. The Morgan fingerprint density at radius 1 is 1.05 bits per heavy atom. The van der Waals surface area contributed by atoms with Crippen LogP contribution in [-0.2, 0) is 9.31 Å². The highest BCUT2D eigenvalue weighted by Crippen LogP contribution is 2.58. The van der Waals surface area contributed by atoms with Crippen molar-refractivity contribution in [2.24, 2.45) is 11.3 Å². The van der Waals surface area contributed by atoms with Gasteiger partial charge in [0, 0.05) is 0 Å². The molecule has 0 bridgehead atoms. The number of hydrogen-bond acceptors (Lipinski definition) is 2. The Morgan fingerprint density at radius 3 is 2.00 bits per heavy atom. The fourth-order valence-corrected chi connectivity index (χ4v) is 3.93. The van der Waals surface area contributed by atoms with E-state index in [4.69, 9.17) is 9.31 Å². The Bertz CT molecular complexity index is 445. The molecule has 3 aliphatic rings. The van der Waals surface area contributed by atoms with Gasteiger partial charge < -0.3 is 9.31 Å². The van der Waals surface area contributed by atoms with Crippen LogP contribution in [0.2, 0.25) is 0 Å². The van der Waals surface area contributed by atoms with Gasteiger partial charge >= 0.3 is 7.12 Å². The third-order valence-electron chi connectivity index (χ3n) is 6.47. The molecule has 0 N–H and O–H groups in total. The van der Waals surface area contributed by atoms with E-state index < -0.39 is 18.3 Å². The van der Waals surface area contributed by atoms with Crippen molar-refractivity contribution in [2.75, 3.05) is 0 Å². The molecule has 1 heterocycles. The summed E-state index contributed by atoms with van der Waals surface area (Å²) in [5.74, 6) is 0.789. The number of halogens is 1. The fourth-order valence-electron chi connectivity index (χ4n) is 3.93. The van der Waals surface area contributed by atoms with Crippen LogP contribution in [0.3, 0.4) is 0 Å². The molecule has 21 heavy (non-hydrogen) atoms. The minimum absolute atomic E-state index is 0.125. The minimum Gasteiger partial charge on any atom is -0.398 e. The summed E-state index contributed by atoms with van der Waals surface area (Å²) in [5.41, 5.74) is 0.0590. The normalized spacial score (nSPS) is 40.3. The molecular weight excluding hydrogens is 266 g/mol. The summed E-state index contributed by atoms with van der Waals surface area (Å²) in [6.07, 6.45) is 6.74. The predicted molar refractivity (Wildman–Crippen MR) is 83.5 cm³/mol. The van der Waals surface area contributed by atoms with Gasteiger partial charge in [0.15, 0.2) is 0 Å². The van der Waals surface area contributed by atoms with Gasteiger partial charge in [-0.05, 0) is 83.1 Å². The second-order valence-electron chi connectivity index (χ2n) is 8.38. The lowest BCUT2D eigenvalue weighted by molar-refractivity contribution is 0.00578. The first-order valence-electron chi connectivity index (χ1n) is 8.42. The third-order valence-corrected chi connectivity index (χ3v) is 6.47. The Labute approximate surface area is 128 Å². The van der Waals surface area contributed by atoms with Gasteiger partial charge in [0.05, 0.1) is 11.2 Å². The van der Waals surface area contributed by atoms with Crippen LogP contribution < -0.4 is 0 Å². The smallest absolute Gasteiger partial charge is 0.398 e. The van der Waals surface area contributed by atoms with E-state index in [1.165, 1.54) is 12.8 Å². The average molecular weight is 294 g/mol. The highest BCUT2D eigenvalue weighted by atomic mass is 19.1. The lowest BCUT2D eigenvalue weighted by Gasteiger charge is -2.49. The maximum Gasteiger partial charge on any atom is 0.525 e. The van der Waals surface area contributed by atoms with Crippen molar-refractivity contribution < 1.29 is 13.7 Å². The first-order valence-corrected chi connectivity index (χ1v) is 8.42. The summed E-state index contributed by atoms with van der Waals surface area (Å²) in [6.45, 7) is 10.2. The Morgan fingerprint density at radius 2 is 1.57 bits per heavy atom. The third kappa shape index (κ3) is 2.39. The number of rotatable bonds is 1. The molecule has 118 valence electrons. The van der Waals surface area contributed by atoms with Crippen LogP contribution in [0.1, 0.15) is 73.1 Å². The molecule has 2 nitrogen and oxygen atoms in total. The quantitative estimate of drug-likeness (QED) is 0.645. The van der Waals surface area contributed by atoms with E-state index in [1.54, 1.807) is 0 Å². The van der Waals surface area contributed by atoms with Crippen molar-refractivity contribution in [1.82, 2.24) is 0 Å². The second-order valence-corrected chi connectivity index (χ2v) is 8.38. The average Bonchev–Trinajstić information content (AvgIpc) is 2.58. The van der Waals surface area contributed by atoms with E-state index >= 15 is 0 Å². The van der Waals surface area contributed by atoms with E-state index in [0.717, 1.165) is 37.2 Å². The van der Waals surface area contributed by atoms with Crippen LogP contribution >= 0.6 is 0 Å². The van der Waals surface area contributed by atoms with E-state index in [9.17, 15) is 4.39 Å². The van der Waals surface area contributed by atoms with Crippen molar-refractivity contribution in [3.05, 3.63) is 11.3 Å². The molecule has 2 saturated carbocycles. The summed E-state index contributed by atoms with van der Waals surface area (Å²) in [7, 11) is -0.804. The number of allylic oxidation sites excluding steroid dienone is 1.